The molecule has 200 valence electrons. The van der Waals surface area contributed by atoms with Gasteiger partial charge in [-0.25, -0.2) is 14.2 Å². The Morgan fingerprint density at radius 1 is 0.974 bits per heavy atom. The summed E-state index contributed by atoms with van der Waals surface area (Å²) < 4.78 is 32.3. The fourth-order valence-electron chi connectivity index (χ4n) is 5.52. The van der Waals surface area contributed by atoms with Crippen molar-refractivity contribution in [3.05, 3.63) is 66.5 Å². The van der Waals surface area contributed by atoms with Crippen LogP contribution in [0, 0.1) is 5.82 Å². The van der Waals surface area contributed by atoms with Gasteiger partial charge in [-0.1, -0.05) is 36.4 Å². The van der Waals surface area contributed by atoms with Crippen molar-refractivity contribution in [2.75, 3.05) is 38.3 Å². The number of nitrogens with one attached hydrogen (secondary N) is 1. The van der Waals surface area contributed by atoms with Gasteiger partial charge >= 0.3 is 6.03 Å². The van der Waals surface area contributed by atoms with Crippen LogP contribution in [0.5, 0.6) is 5.88 Å². The van der Waals surface area contributed by atoms with Crippen molar-refractivity contribution in [3.63, 3.8) is 0 Å². The van der Waals surface area contributed by atoms with Crippen LogP contribution < -0.4 is 9.64 Å². The van der Waals surface area contributed by atoms with E-state index in [1.807, 2.05) is 48.5 Å². The number of nitrogens with zero attached hydrogens (tertiary/aromatic N) is 3. The lowest BCUT2D eigenvalue weighted by molar-refractivity contribution is 0.00794. The number of rotatable bonds is 5. The maximum atomic E-state index is 15.1. The lowest BCUT2D eigenvalue weighted by Gasteiger charge is -2.16. The second-order valence-electron chi connectivity index (χ2n) is 10.2. The Morgan fingerprint density at radius 2 is 1.67 bits per heavy atom. The van der Waals surface area contributed by atoms with Crippen LogP contribution in [-0.4, -0.2) is 83.8 Å². The van der Waals surface area contributed by atoms with E-state index in [0.29, 0.717) is 42.2 Å². The lowest BCUT2D eigenvalue weighted by atomic mass is 10.0. The fourth-order valence-corrected chi connectivity index (χ4v) is 5.52. The van der Waals surface area contributed by atoms with Crippen LogP contribution in [0.3, 0.4) is 0 Å². The first-order chi connectivity index (χ1) is 18.9. The van der Waals surface area contributed by atoms with Gasteiger partial charge in [0.15, 0.2) is 17.8 Å². The molecule has 5 heterocycles. The van der Waals surface area contributed by atoms with Crippen molar-refractivity contribution >= 4 is 22.8 Å². The number of aliphatic hydroxyl groups is 1. The summed E-state index contributed by atoms with van der Waals surface area (Å²) in [4.78, 5) is 23.4. The molecule has 2 N–H and O–H groups in total. The molecular formula is C29H27FN4O5. The summed E-state index contributed by atoms with van der Waals surface area (Å²) in [5, 5.41) is 9.94. The molecule has 3 aliphatic heterocycles. The molecule has 2 aromatic heterocycles. The Labute approximate surface area is 223 Å². The van der Waals surface area contributed by atoms with Gasteiger partial charge in [0.2, 0.25) is 0 Å². The van der Waals surface area contributed by atoms with Crippen LogP contribution in [0.1, 0.15) is 0 Å². The maximum absolute atomic E-state index is 15.1. The second-order valence-corrected chi connectivity index (χ2v) is 10.2. The van der Waals surface area contributed by atoms with Gasteiger partial charge in [0.25, 0.3) is 0 Å². The number of amides is 2. The van der Waals surface area contributed by atoms with E-state index in [4.69, 9.17) is 14.2 Å². The average molecular weight is 531 g/mol. The zero-order valence-electron chi connectivity index (χ0n) is 21.2. The first kappa shape index (κ1) is 24.1. The molecule has 2 aromatic carbocycles. The smallest absolute Gasteiger partial charge is 0.324 e. The number of aromatic nitrogens is 2. The van der Waals surface area contributed by atoms with Crippen molar-refractivity contribution in [2.24, 2.45) is 0 Å². The average Bonchev–Trinajstić information content (AvgIpc) is 3.71. The number of halogens is 1. The van der Waals surface area contributed by atoms with Gasteiger partial charge in [0.05, 0.1) is 24.2 Å². The summed E-state index contributed by atoms with van der Waals surface area (Å²) in [5.41, 5.74) is 4.85. The molecule has 0 radical (unpaired) electrons. The van der Waals surface area contributed by atoms with Crippen LogP contribution in [-0.2, 0) is 9.47 Å². The molecule has 0 spiro atoms. The summed E-state index contributed by atoms with van der Waals surface area (Å²) >= 11 is 0. The lowest BCUT2D eigenvalue weighted by Crippen LogP contribution is -2.34. The van der Waals surface area contributed by atoms with Gasteiger partial charge in [0, 0.05) is 43.5 Å². The summed E-state index contributed by atoms with van der Waals surface area (Å²) in [6, 6.07) is 18.6. The van der Waals surface area contributed by atoms with Crippen LogP contribution in [0.15, 0.2) is 60.7 Å². The van der Waals surface area contributed by atoms with Gasteiger partial charge < -0.3 is 29.2 Å². The quantitative estimate of drug-likeness (QED) is 0.407. The number of benzene rings is 2. The highest BCUT2D eigenvalue weighted by atomic mass is 19.1. The van der Waals surface area contributed by atoms with Crippen molar-refractivity contribution < 1.29 is 28.5 Å². The number of ether oxygens (including phenoxy) is 3. The number of aliphatic hydroxyl groups excluding tert-OH is 1. The fraction of sp³-hybridized carbons (Fsp3) is 0.310. The second kappa shape index (κ2) is 9.33. The maximum Gasteiger partial charge on any atom is 0.324 e. The monoisotopic (exact) mass is 530 g/mol. The molecule has 4 atom stereocenters. The number of hydrogen-bond donors (Lipinski definition) is 2. The van der Waals surface area contributed by atoms with Gasteiger partial charge in [0.1, 0.15) is 24.0 Å². The number of H-pyrrole nitrogens is 1. The third kappa shape index (κ3) is 4.21. The molecule has 10 heteroatoms. The molecule has 3 fully saturated rings. The Hall–Kier alpha value is -3.99. The third-order valence-electron chi connectivity index (χ3n) is 7.68. The third-order valence-corrected chi connectivity index (χ3v) is 7.68. The Balaban J connectivity index is 1.09. The molecule has 39 heavy (non-hydrogen) atoms. The topological polar surface area (TPSA) is 100 Å². The number of pyridine rings is 1. The first-order valence-electron chi connectivity index (χ1n) is 13.0. The van der Waals surface area contributed by atoms with Gasteiger partial charge in [-0.2, -0.15) is 0 Å². The number of aromatic amines is 1. The first-order valence-corrected chi connectivity index (χ1v) is 13.0. The Morgan fingerprint density at radius 3 is 2.38 bits per heavy atom. The van der Waals surface area contributed by atoms with Crippen molar-refractivity contribution in [1.82, 2.24) is 14.9 Å². The molecule has 9 nitrogen and oxygen atoms in total. The highest BCUT2D eigenvalue weighted by Crippen LogP contribution is 2.33. The van der Waals surface area contributed by atoms with E-state index in [1.165, 1.54) is 6.07 Å². The van der Waals surface area contributed by atoms with Crippen LogP contribution in [0.25, 0.3) is 33.4 Å². The summed E-state index contributed by atoms with van der Waals surface area (Å²) in [7, 11) is 1.80. The molecule has 0 saturated carbocycles. The SMILES string of the molecule is CN1CCN(c2ccc(-c3ccc(-c4nc5cc(O[C@@H]6CO[C@H]7[C@@H]6OC[C@H]7O)[nH]c5cc4F)cc3)cc2)C1=O. The highest BCUT2D eigenvalue weighted by Gasteiger charge is 2.48. The molecular weight excluding hydrogens is 503 g/mol. The molecule has 0 bridgehead atoms. The number of carbonyl (C=O) groups excluding carboxylic acids is 1. The highest BCUT2D eigenvalue weighted by molar-refractivity contribution is 5.94. The largest absolute Gasteiger partial charge is 0.470 e. The van der Waals surface area contributed by atoms with Gasteiger partial charge in [-0.05, 0) is 23.3 Å². The zero-order chi connectivity index (χ0) is 26.7. The summed E-state index contributed by atoms with van der Waals surface area (Å²) in [5.74, 6) is -0.00544. The number of hydrogen-bond acceptors (Lipinski definition) is 6. The number of anilines is 1. The molecule has 3 aliphatic rings. The van der Waals surface area contributed by atoms with E-state index < -0.39 is 18.0 Å². The molecule has 7 rings (SSSR count). The van der Waals surface area contributed by atoms with Gasteiger partial charge in [-0.3, -0.25) is 4.90 Å². The van der Waals surface area contributed by atoms with E-state index in [9.17, 15) is 9.90 Å². The van der Waals surface area contributed by atoms with Crippen molar-refractivity contribution in [2.45, 2.75) is 24.4 Å². The van der Waals surface area contributed by atoms with E-state index in [1.54, 1.807) is 22.9 Å². The number of fused-ring (bicyclic) bond motifs is 2. The van der Waals surface area contributed by atoms with E-state index in [2.05, 4.69) is 9.97 Å². The minimum Gasteiger partial charge on any atom is -0.470 e. The van der Waals surface area contributed by atoms with E-state index in [-0.39, 0.29) is 30.5 Å². The minimum absolute atomic E-state index is 0.00330. The molecule has 4 aromatic rings. The van der Waals surface area contributed by atoms with Crippen LogP contribution in [0.4, 0.5) is 14.9 Å². The minimum atomic E-state index is -0.654. The number of urea groups is 1. The zero-order valence-corrected chi connectivity index (χ0v) is 21.2. The Bertz CT molecular complexity index is 1540. The summed E-state index contributed by atoms with van der Waals surface area (Å²) in [6.45, 7) is 1.92. The predicted octanol–water partition coefficient (Wildman–Crippen LogP) is 3.81. The number of likely N-dealkylation sites (N-methyl/N-ethyl adjacent to an activating group) is 1. The Kier molecular flexibility index (Phi) is 5.76. The van der Waals surface area contributed by atoms with Crippen LogP contribution in [0.2, 0.25) is 0 Å². The van der Waals surface area contributed by atoms with E-state index >= 15 is 4.39 Å². The van der Waals surface area contributed by atoms with Crippen molar-refractivity contribution in [1.29, 1.82) is 0 Å². The summed E-state index contributed by atoms with van der Waals surface area (Å²) in [6.07, 6.45) is -1.76. The van der Waals surface area contributed by atoms with Crippen LogP contribution >= 0.6 is 0 Å². The molecule has 0 aliphatic carbocycles. The molecule has 2 amide bonds. The number of carbonyl (C=O) groups is 1. The van der Waals surface area contributed by atoms with E-state index in [0.717, 1.165) is 16.8 Å². The predicted molar refractivity (Wildman–Crippen MR) is 142 cm³/mol. The normalized spacial score (nSPS) is 24.6. The van der Waals surface area contributed by atoms with Crippen molar-refractivity contribution in [3.8, 4) is 28.3 Å². The standard InChI is InChI=1S/C29H27FN4O5/c1-33-10-11-34(29(33)36)19-8-6-17(7-9-19)16-2-4-18(5-3-16)26-20(30)12-21-22(32-26)13-25(31-21)39-24-15-38-27-23(35)14-37-28(24)27/h2-9,12-13,23-24,27-28,31,35H,10-11,14-15H2,1H3/t23-,24-,27-,28-/m1/s1. The van der Waals surface area contributed by atoms with Gasteiger partial charge in [-0.15, -0.1) is 0 Å². The molecule has 3 saturated heterocycles. The molecule has 0 unspecified atom stereocenters.